The Labute approximate surface area is 189 Å². The molecule has 0 unspecified atom stereocenters. The molecule has 0 spiro atoms. The third-order valence-electron chi connectivity index (χ3n) is 5.16. The van der Waals surface area contributed by atoms with Gasteiger partial charge in [0.2, 0.25) is 11.6 Å². The van der Waals surface area contributed by atoms with Gasteiger partial charge in [-0.05, 0) is 66.9 Å². The number of hydrogen-bond acceptors (Lipinski definition) is 11. The van der Waals surface area contributed by atoms with E-state index < -0.39 is 5.91 Å². The van der Waals surface area contributed by atoms with Crippen molar-refractivity contribution in [3.05, 3.63) is 35.2 Å². The van der Waals surface area contributed by atoms with Crippen LogP contribution in [0.2, 0.25) is 0 Å². The second-order valence-electron chi connectivity index (χ2n) is 7.47. The van der Waals surface area contributed by atoms with Crippen LogP contribution in [-0.4, -0.2) is 67.1 Å². The molecular weight excluding hydrogens is 430 g/mol. The molecule has 1 amide bonds. The number of hydrogen-bond donors (Lipinski definition) is 3. The first-order valence-electron chi connectivity index (χ1n) is 10.6. The number of piperidine rings is 1. The molecule has 13 nitrogen and oxygen atoms in total. The number of nitrogens with two attached hydrogens (primary N) is 1. The number of aromatic nitrogens is 5. The van der Waals surface area contributed by atoms with Gasteiger partial charge >= 0.3 is 0 Å². The van der Waals surface area contributed by atoms with E-state index in [2.05, 4.69) is 40.7 Å². The minimum absolute atomic E-state index is 0.0265. The maximum atomic E-state index is 12.9. The molecule has 1 aliphatic heterocycles. The molecule has 4 rings (SSSR count). The van der Waals surface area contributed by atoms with Gasteiger partial charge in [0.1, 0.15) is 0 Å². The van der Waals surface area contributed by atoms with Crippen molar-refractivity contribution in [2.75, 3.05) is 25.4 Å². The van der Waals surface area contributed by atoms with Crippen LogP contribution in [0, 0.1) is 0 Å². The van der Waals surface area contributed by atoms with Gasteiger partial charge in [-0.25, -0.2) is 10.1 Å². The van der Waals surface area contributed by atoms with Gasteiger partial charge in [-0.15, -0.1) is 5.10 Å². The largest absolute Gasteiger partial charge is 0.504 e. The van der Waals surface area contributed by atoms with E-state index in [1.54, 1.807) is 12.1 Å². The van der Waals surface area contributed by atoms with E-state index in [0.717, 1.165) is 25.9 Å². The molecule has 1 aliphatic rings. The molecule has 1 aromatic carbocycles. The van der Waals surface area contributed by atoms with Crippen LogP contribution in [0.4, 0.5) is 5.82 Å². The number of amides is 1. The topological polar surface area (TPSA) is 170 Å². The number of nitrogens with one attached hydrogen (secondary N) is 1. The zero-order valence-electron chi connectivity index (χ0n) is 18.1. The van der Waals surface area contributed by atoms with E-state index in [1.807, 2.05) is 6.92 Å². The third kappa shape index (κ3) is 5.09. The molecule has 0 saturated carbocycles. The van der Waals surface area contributed by atoms with Crippen molar-refractivity contribution in [2.24, 2.45) is 5.10 Å². The number of benzene rings is 1. The molecule has 2 aromatic heterocycles. The number of carbonyl (C=O) groups excluding carboxylic acids is 1. The Kier molecular flexibility index (Phi) is 6.78. The Morgan fingerprint density at radius 1 is 1.33 bits per heavy atom. The quantitative estimate of drug-likeness (QED) is 0.330. The molecule has 1 saturated heterocycles. The fraction of sp³-hybridized carbons (Fsp3) is 0.400. The van der Waals surface area contributed by atoms with E-state index in [9.17, 15) is 9.90 Å². The predicted molar refractivity (Wildman–Crippen MR) is 117 cm³/mol. The molecule has 4 N–H and O–H groups in total. The number of ether oxygens (including phenoxy) is 1. The lowest BCUT2D eigenvalue weighted by atomic mass is 10.1. The molecule has 3 aromatic rings. The number of anilines is 1. The summed E-state index contributed by atoms with van der Waals surface area (Å²) in [6.07, 6.45) is 4.78. The van der Waals surface area contributed by atoms with Crippen molar-refractivity contribution >= 4 is 17.9 Å². The van der Waals surface area contributed by atoms with E-state index in [4.69, 9.17) is 10.5 Å². The number of nitrogens with zero attached hydrogens (tertiary/aromatic N) is 7. The highest BCUT2D eigenvalue weighted by Crippen LogP contribution is 2.26. The maximum absolute atomic E-state index is 12.9. The molecule has 33 heavy (non-hydrogen) atoms. The highest BCUT2D eigenvalue weighted by molar-refractivity contribution is 5.94. The molecule has 0 aliphatic carbocycles. The van der Waals surface area contributed by atoms with E-state index in [1.165, 1.54) is 23.4 Å². The molecule has 3 heterocycles. The smallest absolute Gasteiger partial charge is 0.293 e. The van der Waals surface area contributed by atoms with Crippen LogP contribution in [-0.2, 0) is 6.54 Å². The number of aromatic hydroxyl groups is 1. The van der Waals surface area contributed by atoms with Crippen molar-refractivity contribution in [1.82, 2.24) is 35.6 Å². The van der Waals surface area contributed by atoms with Crippen LogP contribution in [0.3, 0.4) is 0 Å². The lowest BCUT2D eigenvalue weighted by molar-refractivity contribution is 0.0947. The first kappa shape index (κ1) is 22.2. The summed E-state index contributed by atoms with van der Waals surface area (Å²) < 4.78 is 11.4. The maximum Gasteiger partial charge on any atom is 0.293 e. The third-order valence-corrected chi connectivity index (χ3v) is 5.16. The Bertz CT molecular complexity index is 1130. The number of rotatable bonds is 8. The number of carbonyl (C=O) groups is 1. The number of likely N-dealkylation sites (tertiary alicyclic amines) is 1. The molecule has 0 radical (unpaired) electrons. The normalized spacial score (nSPS) is 14.6. The van der Waals surface area contributed by atoms with Gasteiger partial charge in [0.25, 0.3) is 5.91 Å². The fourth-order valence-corrected chi connectivity index (χ4v) is 3.56. The van der Waals surface area contributed by atoms with Crippen molar-refractivity contribution < 1.29 is 19.3 Å². The molecule has 0 atom stereocenters. The second-order valence-corrected chi connectivity index (χ2v) is 7.47. The van der Waals surface area contributed by atoms with E-state index >= 15 is 0 Å². The Hall–Kier alpha value is -4.00. The van der Waals surface area contributed by atoms with Gasteiger partial charge in [0.15, 0.2) is 17.2 Å². The molecule has 1 fully saturated rings. The highest BCUT2D eigenvalue weighted by Gasteiger charge is 2.26. The molecular formula is C20H25N9O4. The summed E-state index contributed by atoms with van der Waals surface area (Å²) in [5.74, 6) is 0.0344. The number of nitrogen functional groups attached to an aromatic ring is 1. The summed E-state index contributed by atoms with van der Waals surface area (Å²) in [4.78, 5) is 15.1. The zero-order chi connectivity index (χ0) is 23.2. The van der Waals surface area contributed by atoms with Crippen LogP contribution in [0.25, 0.3) is 5.82 Å². The van der Waals surface area contributed by atoms with E-state index in [-0.39, 0.29) is 23.1 Å². The summed E-state index contributed by atoms with van der Waals surface area (Å²) in [7, 11) is 0. The van der Waals surface area contributed by atoms with Crippen LogP contribution in [0.5, 0.6) is 11.5 Å². The van der Waals surface area contributed by atoms with Gasteiger partial charge in [-0.3, -0.25) is 9.69 Å². The summed E-state index contributed by atoms with van der Waals surface area (Å²) in [5.41, 5.74) is 9.54. The van der Waals surface area contributed by atoms with Crippen LogP contribution < -0.4 is 15.9 Å². The zero-order valence-corrected chi connectivity index (χ0v) is 18.1. The van der Waals surface area contributed by atoms with Crippen molar-refractivity contribution in [3.63, 3.8) is 0 Å². The van der Waals surface area contributed by atoms with Crippen molar-refractivity contribution in [1.29, 1.82) is 0 Å². The SMILES string of the molecule is CCOc1cc(/C=N/NC(=O)c2nnn(-c3nonc3N)c2CN2CCCCC2)ccc1O. The van der Waals surface area contributed by atoms with E-state index in [0.29, 0.717) is 30.2 Å². The Morgan fingerprint density at radius 3 is 2.88 bits per heavy atom. The predicted octanol–water partition coefficient (Wildman–Crippen LogP) is 1.09. The average Bonchev–Trinajstić information content (AvgIpc) is 3.42. The monoisotopic (exact) mass is 455 g/mol. The first-order valence-corrected chi connectivity index (χ1v) is 10.6. The summed E-state index contributed by atoms with van der Waals surface area (Å²) in [6.45, 7) is 4.46. The van der Waals surface area contributed by atoms with Gasteiger partial charge in [0, 0.05) is 6.54 Å². The average molecular weight is 455 g/mol. The van der Waals surface area contributed by atoms with Crippen LogP contribution >= 0.6 is 0 Å². The Balaban J connectivity index is 1.54. The number of phenols is 1. The highest BCUT2D eigenvalue weighted by atomic mass is 16.6. The van der Waals surface area contributed by atoms with Gasteiger partial charge in [-0.1, -0.05) is 11.6 Å². The fourth-order valence-electron chi connectivity index (χ4n) is 3.56. The number of hydrazone groups is 1. The second kappa shape index (κ2) is 10.1. The molecule has 0 bridgehead atoms. The number of phenolic OH excluding ortho intramolecular Hbond substituents is 1. The van der Waals surface area contributed by atoms with Crippen molar-refractivity contribution in [3.8, 4) is 17.3 Å². The Morgan fingerprint density at radius 2 is 2.15 bits per heavy atom. The van der Waals surface area contributed by atoms with Gasteiger partial charge < -0.3 is 15.6 Å². The van der Waals surface area contributed by atoms with Crippen LogP contribution in [0.1, 0.15) is 47.9 Å². The molecule has 174 valence electrons. The minimum Gasteiger partial charge on any atom is -0.504 e. The lowest BCUT2D eigenvalue weighted by Crippen LogP contribution is -2.31. The molecule has 13 heteroatoms. The minimum atomic E-state index is -0.539. The standard InChI is InChI=1S/C20H25N9O4/c1-2-32-16-10-13(6-7-15(16)30)11-22-24-20(31)17-14(12-28-8-4-3-5-9-28)29(27-23-17)19-18(21)25-33-26-19/h6-7,10-11,30H,2-5,8-9,12H2,1H3,(H2,21,25)(H,24,31)/b22-11+. The van der Waals surface area contributed by atoms with Gasteiger partial charge in [-0.2, -0.15) is 9.78 Å². The summed E-state index contributed by atoms with van der Waals surface area (Å²) in [6, 6.07) is 4.76. The van der Waals surface area contributed by atoms with Gasteiger partial charge in [0.05, 0.1) is 18.5 Å². The van der Waals surface area contributed by atoms with Crippen LogP contribution in [0.15, 0.2) is 27.9 Å². The summed E-state index contributed by atoms with van der Waals surface area (Å²) >= 11 is 0. The first-order chi connectivity index (χ1) is 16.1. The summed E-state index contributed by atoms with van der Waals surface area (Å²) in [5, 5.41) is 29.3. The van der Waals surface area contributed by atoms with Crippen molar-refractivity contribution in [2.45, 2.75) is 32.7 Å². The lowest BCUT2D eigenvalue weighted by Gasteiger charge is -2.26.